The Morgan fingerprint density at radius 3 is 2.81 bits per heavy atom. The second-order valence-corrected chi connectivity index (χ2v) is 6.06. The lowest BCUT2D eigenvalue weighted by molar-refractivity contribution is -0.127. The Bertz CT molecular complexity index is 582. The van der Waals surface area contributed by atoms with Crippen LogP contribution in [0.2, 0.25) is 0 Å². The quantitative estimate of drug-likeness (QED) is 0.858. The molecule has 1 aromatic heterocycles. The van der Waals surface area contributed by atoms with Crippen LogP contribution in [0.1, 0.15) is 28.6 Å². The van der Waals surface area contributed by atoms with Crippen molar-refractivity contribution in [1.29, 1.82) is 0 Å². The lowest BCUT2D eigenvalue weighted by Crippen LogP contribution is -2.25. The molecule has 1 aliphatic heterocycles. The van der Waals surface area contributed by atoms with Gasteiger partial charge in [-0.15, -0.1) is 11.3 Å². The summed E-state index contributed by atoms with van der Waals surface area (Å²) >= 11 is 1.19. The van der Waals surface area contributed by atoms with Crippen molar-refractivity contribution in [3.63, 3.8) is 0 Å². The third-order valence-electron chi connectivity index (χ3n) is 3.34. The van der Waals surface area contributed by atoms with Gasteiger partial charge in [0.25, 0.3) is 0 Å². The Morgan fingerprint density at radius 2 is 2.24 bits per heavy atom. The van der Waals surface area contributed by atoms with Gasteiger partial charge in [-0.05, 0) is 25.5 Å². The number of carbonyl (C=O) groups is 3. The molecule has 0 saturated carbocycles. The summed E-state index contributed by atoms with van der Waals surface area (Å²) in [5.74, 6) is -0.929. The molecular weight excluding hydrogens is 292 g/mol. The molecule has 1 aliphatic rings. The van der Waals surface area contributed by atoms with Crippen LogP contribution in [-0.4, -0.2) is 42.9 Å². The van der Waals surface area contributed by atoms with Crippen LogP contribution < -0.4 is 5.32 Å². The van der Waals surface area contributed by atoms with Gasteiger partial charge in [-0.25, -0.2) is 4.79 Å². The van der Waals surface area contributed by atoms with Crippen molar-refractivity contribution in [3.05, 3.63) is 16.5 Å². The largest absolute Gasteiger partial charge is 0.462 e. The average Bonchev–Trinajstić information content (AvgIpc) is 2.94. The minimum absolute atomic E-state index is 0.0234. The number of aryl methyl sites for hydroxylation is 1. The molecule has 2 heterocycles. The first-order valence-corrected chi connectivity index (χ1v) is 7.56. The number of thiophene rings is 1. The number of rotatable bonds is 4. The lowest BCUT2D eigenvalue weighted by Gasteiger charge is -2.09. The Labute approximate surface area is 127 Å². The van der Waals surface area contributed by atoms with Crippen LogP contribution in [0, 0.1) is 12.8 Å². The maximum absolute atomic E-state index is 12.1. The molecule has 6 nitrogen and oxygen atoms in total. The SMILES string of the molecule is CCOC(=O)c1sc(NC(=O)C2CC(=O)N(C)C2)cc1C. The van der Waals surface area contributed by atoms with Gasteiger partial charge in [-0.2, -0.15) is 0 Å². The Morgan fingerprint density at radius 1 is 1.52 bits per heavy atom. The smallest absolute Gasteiger partial charge is 0.348 e. The van der Waals surface area contributed by atoms with Crippen LogP contribution in [0.5, 0.6) is 0 Å². The van der Waals surface area contributed by atoms with Crippen LogP contribution in [0.25, 0.3) is 0 Å². The van der Waals surface area contributed by atoms with Crippen molar-refractivity contribution in [2.75, 3.05) is 25.5 Å². The molecule has 1 saturated heterocycles. The fourth-order valence-corrected chi connectivity index (χ4v) is 3.18. The van der Waals surface area contributed by atoms with Gasteiger partial charge >= 0.3 is 5.97 Å². The number of hydrogen-bond acceptors (Lipinski definition) is 5. The van der Waals surface area contributed by atoms with E-state index in [-0.39, 0.29) is 30.1 Å². The number of ether oxygens (including phenoxy) is 1. The molecule has 0 aliphatic carbocycles. The normalized spacial score (nSPS) is 18.0. The highest BCUT2D eigenvalue weighted by molar-refractivity contribution is 7.18. The molecule has 1 fully saturated rings. The van der Waals surface area contributed by atoms with Crippen LogP contribution in [0.15, 0.2) is 6.07 Å². The third kappa shape index (κ3) is 3.41. The van der Waals surface area contributed by atoms with Crippen molar-refractivity contribution in [2.45, 2.75) is 20.3 Å². The van der Waals surface area contributed by atoms with Gasteiger partial charge in [-0.1, -0.05) is 0 Å². The zero-order chi connectivity index (χ0) is 15.6. The van der Waals surface area contributed by atoms with Crippen molar-refractivity contribution in [3.8, 4) is 0 Å². The summed E-state index contributed by atoms with van der Waals surface area (Å²) in [4.78, 5) is 37.3. The minimum Gasteiger partial charge on any atom is -0.462 e. The van der Waals surface area contributed by atoms with Crippen molar-refractivity contribution >= 4 is 34.1 Å². The van der Waals surface area contributed by atoms with E-state index in [1.165, 1.54) is 11.3 Å². The van der Waals surface area contributed by atoms with Crippen molar-refractivity contribution < 1.29 is 19.1 Å². The summed E-state index contributed by atoms with van der Waals surface area (Å²) in [7, 11) is 1.68. The first-order valence-electron chi connectivity index (χ1n) is 6.74. The number of hydrogen-bond donors (Lipinski definition) is 1. The molecule has 0 bridgehead atoms. The third-order valence-corrected chi connectivity index (χ3v) is 4.47. The highest BCUT2D eigenvalue weighted by atomic mass is 32.1. The molecule has 2 amide bonds. The van der Waals surface area contributed by atoms with Gasteiger partial charge in [0, 0.05) is 20.0 Å². The standard InChI is InChI=1S/C14H18N2O4S/c1-4-20-14(19)12-8(2)5-10(21-12)15-13(18)9-6-11(17)16(3)7-9/h5,9H,4,6-7H2,1-3H3,(H,15,18). The van der Waals surface area contributed by atoms with E-state index in [1.54, 1.807) is 31.9 Å². The van der Waals surface area contributed by atoms with E-state index in [1.807, 2.05) is 0 Å². The first kappa shape index (κ1) is 15.5. The van der Waals surface area contributed by atoms with Crippen LogP contribution >= 0.6 is 11.3 Å². The van der Waals surface area contributed by atoms with E-state index in [4.69, 9.17) is 4.74 Å². The number of nitrogens with one attached hydrogen (secondary N) is 1. The van der Waals surface area contributed by atoms with E-state index >= 15 is 0 Å². The molecule has 21 heavy (non-hydrogen) atoms. The molecule has 2 rings (SSSR count). The number of esters is 1. The zero-order valence-corrected chi connectivity index (χ0v) is 13.1. The van der Waals surface area contributed by atoms with E-state index in [9.17, 15) is 14.4 Å². The molecular formula is C14H18N2O4S. The molecule has 114 valence electrons. The maximum atomic E-state index is 12.1. The molecule has 1 atom stereocenters. The lowest BCUT2D eigenvalue weighted by atomic mass is 10.1. The van der Waals surface area contributed by atoms with E-state index in [0.717, 1.165) is 5.56 Å². The van der Waals surface area contributed by atoms with Gasteiger partial charge in [-0.3, -0.25) is 9.59 Å². The van der Waals surface area contributed by atoms with Gasteiger partial charge in [0.15, 0.2) is 0 Å². The summed E-state index contributed by atoms with van der Waals surface area (Å²) in [6, 6.07) is 1.75. The second-order valence-electron chi connectivity index (χ2n) is 5.01. The highest BCUT2D eigenvalue weighted by Crippen LogP contribution is 2.28. The van der Waals surface area contributed by atoms with Crippen molar-refractivity contribution in [2.24, 2.45) is 5.92 Å². The highest BCUT2D eigenvalue weighted by Gasteiger charge is 2.32. The molecule has 1 unspecified atom stereocenters. The predicted molar refractivity (Wildman–Crippen MR) is 79.4 cm³/mol. The summed E-state index contributed by atoms with van der Waals surface area (Å²) < 4.78 is 4.96. The molecule has 1 aromatic rings. The minimum atomic E-state index is -0.378. The number of amides is 2. The summed E-state index contributed by atoms with van der Waals surface area (Å²) in [5, 5.41) is 3.38. The van der Waals surface area contributed by atoms with Crippen LogP contribution in [0.4, 0.5) is 5.00 Å². The van der Waals surface area contributed by atoms with Gasteiger partial charge < -0.3 is 15.0 Å². The van der Waals surface area contributed by atoms with Gasteiger partial charge in [0.2, 0.25) is 11.8 Å². The maximum Gasteiger partial charge on any atom is 0.348 e. The molecule has 0 radical (unpaired) electrons. The van der Waals surface area contributed by atoms with Gasteiger partial charge in [0.1, 0.15) is 4.88 Å². The molecule has 0 spiro atoms. The summed E-state index contributed by atoms with van der Waals surface area (Å²) in [5.41, 5.74) is 0.772. The fourth-order valence-electron chi connectivity index (χ4n) is 2.21. The monoisotopic (exact) mass is 310 g/mol. The number of anilines is 1. The zero-order valence-electron chi connectivity index (χ0n) is 12.3. The molecule has 1 N–H and O–H groups in total. The average molecular weight is 310 g/mol. The fraction of sp³-hybridized carbons (Fsp3) is 0.500. The Hall–Kier alpha value is -1.89. The second kappa shape index (κ2) is 6.26. The number of nitrogens with zero attached hydrogens (tertiary/aromatic N) is 1. The molecule has 0 aromatic carbocycles. The predicted octanol–water partition coefficient (Wildman–Crippen LogP) is 1.65. The first-order chi connectivity index (χ1) is 9.92. The van der Waals surface area contributed by atoms with E-state index < -0.39 is 0 Å². The topological polar surface area (TPSA) is 75.7 Å². The Balaban J connectivity index is 2.03. The Kier molecular flexibility index (Phi) is 4.62. The molecule has 7 heteroatoms. The summed E-state index contributed by atoms with van der Waals surface area (Å²) in [6.07, 6.45) is 0.234. The number of carbonyl (C=O) groups excluding carboxylic acids is 3. The van der Waals surface area contributed by atoms with Crippen molar-refractivity contribution in [1.82, 2.24) is 4.90 Å². The number of likely N-dealkylation sites (tertiary alicyclic amines) is 1. The van der Waals surface area contributed by atoms with Crippen LogP contribution in [0.3, 0.4) is 0 Å². The van der Waals surface area contributed by atoms with E-state index in [0.29, 0.717) is 23.0 Å². The van der Waals surface area contributed by atoms with E-state index in [2.05, 4.69) is 5.32 Å². The van der Waals surface area contributed by atoms with Crippen LogP contribution in [-0.2, 0) is 14.3 Å². The summed E-state index contributed by atoms with van der Waals surface area (Å²) in [6.45, 7) is 4.29. The van der Waals surface area contributed by atoms with Gasteiger partial charge in [0.05, 0.1) is 17.5 Å².